The molecule has 0 spiro atoms. The SMILES string of the molecule is C=CCOCN(COC)c1nc(N(COCC=C)COCC=C)nc(N(COCC=C)COCCC[Si](C)(C)O[Si](C)(C)CCCOCN(COCC=C)c2nc(N(COC)COCC=C)nc(N(COCC=C)COCC=C)n2)n1. The summed E-state index contributed by atoms with van der Waals surface area (Å²) < 4.78 is 77.4. The van der Waals surface area contributed by atoms with Crippen LogP contribution >= 0.6 is 0 Å². The first kappa shape index (κ1) is 71.8. The summed E-state index contributed by atoms with van der Waals surface area (Å²) in [4.78, 5) is 39.5. The van der Waals surface area contributed by atoms with E-state index in [0.717, 1.165) is 24.9 Å². The third-order valence-electron chi connectivity index (χ3n) is 10.5. The molecule has 2 aromatic heterocycles. The molecule has 456 valence electrons. The number of hydrogen-bond acceptors (Lipinski definition) is 25. The van der Waals surface area contributed by atoms with Crippen LogP contribution in [-0.4, -0.2) is 208 Å². The number of rotatable bonds is 56. The fourth-order valence-corrected chi connectivity index (χ4v) is 15.9. The van der Waals surface area contributed by atoms with Gasteiger partial charge in [-0.1, -0.05) is 48.6 Å². The van der Waals surface area contributed by atoms with E-state index in [1.807, 2.05) is 0 Å². The molecule has 0 radical (unpaired) electrons. The fourth-order valence-electron chi connectivity index (χ4n) is 7.13. The van der Waals surface area contributed by atoms with E-state index in [1.165, 1.54) is 0 Å². The number of hydrogen-bond donors (Lipinski definition) is 0. The molecule has 0 bridgehead atoms. The van der Waals surface area contributed by atoms with Crippen LogP contribution in [0.5, 0.6) is 0 Å². The molecule has 0 aliphatic rings. The van der Waals surface area contributed by atoms with Crippen LogP contribution in [0.2, 0.25) is 38.3 Å². The molecule has 2 aromatic rings. The molecule has 0 N–H and O–H groups in total. The molecule has 0 atom stereocenters. The Morgan fingerprint density at radius 3 is 0.679 bits per heavy atom. The molecule has 81 heavy (non-hydrogen) atoms. The molecular formula is C54H94N12O13Si2. The highest BCUT2D eigenvalue weighted by molar-refractivity contribution is 6.84. The van der Waals surface area contributed by atoms with Crippen LogP contribution in [0, 0.1) is 0 Å². The summed E-state index contributed by atoms with van der Waals surface area (Å²) >= 11 is 0. The Hall–Kier alpha value is -5.35. The van der Waals surface area contributed by atoms with E-state index in [2.05, 4.69) is 78.8 Å². The zero-order chi connectivity index (χ0) is 59.4. The lowest BCUT2D eigenvalue weighted by atomic mass is 10.5. The molecule has 0 aromatic carbocycles. The molecule has 2 rings (SSSR count). The quantitative estimate of drug-likeness (QED) is 0.0276. The Labute approximate surface area is 484 Å². The Bertz CT molecular complexity index is 1920. The van der Waals surface area contributed by atoms with Gasteiger partial charge >= 0.3 is 0 Å². The van der Waals surface area contributed by atoms with Crippen molar-refractivity contribution in [2.75, 3.05) is 190 Å². The Balaban J connectivity index is 2.24. The van der Waals surface area contributed by atoms with Crippen molar-refractivity contribution in [2.45, 2.75) is 51.1 Å². The first-order chi connectivity index (χ1) is 39.3. The van der Waals surface area contributed by atoms with Crippen LogP contribution in [0.1, 0.15) is 12.8 Å². The van der Waals surface area contributed by atoms with Gasteiger partial charge in [-0.2, -0.15) is 29.9 Å². The minimum atomic E-state index is -2.15. The number of aromatic nitrogens is 6. The molecule has 0 saturated carbocycles. The predicted octanol–water partition coefficient (Wildman–Crippen LogP) is 7.24. The standard InChI is InChI=1S/C54H94N12O13Si2/c1-15-25-69-39-61(37-67-9)49-55-51(63(41-71-27-17-3)42-72-28-18-4)59-53(57-49)65(45-75-31-21-7)47-77-33-23-35-80(11,12)79-81(13,14)36-24-34-78-48-66(46-76-32-22-8)54-58-50(62(38-68-10)40-70-26-16-2)56-52(60-54)64(43-73-29-19-5)44-74-30-20-6/h15-22H,1-8,23-48H2,9-14H3. The van der Waals surface area contributed by atoms with E-state index >= 15 is 0 Å². The number of nitrogens with zero attached hydrogens (tertiary/aromatic N) is 12. The number of ether oxygens (including phenoxy) is 12. The second kappa shape index (κ2) is 44.3. The van der Waals surface area contributed by atoms with Crippen molar-refractivity contribution in [1.82, 2.24) is 29.9 Å². The number of methoxy groups -OCH3 is 2. The van der Waals surface area contributed by atoms with Crippen molar-refractivity contribution >= 4 is 52.3 Å². The third-order valence-corrected chi connectivity index (χ3v) is 18.0. The zero-order valence-corrected chi connectivity index (χ0v) is 51.3. The van der Waals surface area contributed by atoms with Gasteiger partial charge in [0.15, 0.2) is 16.6 Å². The van der Waals surface area contributed by atoms with Gasteiger partial charge in [-0.25, -0.2) is 0 Å². The largest absolute Gasteiger partial charge is 0.455 e. The van der Waals surface area contributed by atoms with E-state index in [1.54, 1.807) is 92.2 Å². The molecular weight excluding hydrogens is 1080 g/mol. The first-order valence-electron chi connectivity index (χ1n) is 26.6. The van der Waals surface area contributed by atoms with Gasteiger partial charge < -0.3 is 61.0 Å². The van der Waals surface area contributed by atoms with Crippen LogP contribution < -0.4 is 29.4 Å². The lowest BCUT2D eigenvalue weighted by Gasteiger charge is -2.34. The molecule has 0 unspecified atom stereocenters. The molecule has 25 nitrogen and oxygen atoms in total. The Kier molecular flexibility index (Phi) is 39.2. The third kappa shape index (κ3) is 31.1. The van der Waals surface area contributed by atoms with Crippen LogP contribution in [0.4, 0.5) is 35.7 Å². The molecule has 0 aliphatic carbocycles. The van der Waals surface area contributed by atoms with Gasteiger partial charge in [0.05, 0.1) is 52.9 Å². The van der Waals surface area contributed by atoms with Crippen LogP contribution in [0.25, 0.3) is 0 Å². The van der Waals surface area contributed by atoms with Crippen molar-refractivity contribution in [2.24, 2.45) is 0 Å². The second-order valence-corrected chi connectivity index (χ2v) is 27.6. The van der Waals surface area contributed by atoms with Gasteiger partial charge in [-0.3, -0.25) is 29.4 Å². The molecule has 2 heterocycles. The van der Waals surface area contributed by atoms with E-state index in [4.69, 9.17) is 90.9 Å². The van der Waals surface area contributed by atoms with Crippen LogP contribution in [0.15, 0.2) is 101 Å². The lowest BCUT2D eigenvalue weighted by Crippen LogP contribution is -2.44. The van der Waals surface area contributed by atoms with Gasteiger partial charge in [0.1, 0.15) is 80.8 Å². The molecule has 0 aliphatic heterocycles. The van der Waals surface area contributed by atoms with E-state index in [0.29, 0.717) is 66.1 Å². The minimum absolute atomic E-state index is 0.0947. The lowest BCUT2D eigenvalue weighted by molar-refractivity contribution is 0.0932. The normalized spacial score (nSPS) is 11.4. The molecule has 0 amide bonds. The van der Waals surface area contributed by atoms with Gasteiger partial charge in [0, 0.05) is 27.4 Å². The summed E-state index contributed by atoms with van der Waals surface area (Å²) in [6.45, 7) is 43.8. The highest BCUT2D eigenvalue weighted by Crippen LogP contribution is 2.26. The van der Waals surface area contributed by atoms with Crippen molar-refractivity contribution in [3.63, 3.8) is 0 Å². The summed E-state index contributed by atoms with van der Waals surface area (Å²) in [6.07, 6.45) is 14.8. The summed E-state index contributed by atoms with van der Waals surface area (Å²) in [6, 6.07) is 1.76. The summed E-state index contributed by atoms with van der Waals surface area (Å²) in [7, 11) is -1.13. The maximum atomic E-state index is 7.04. The topological polar surface area (TPSA) is 217 Å². The second-order valence-electron chi connectivity index (χ2n) is 18.8. The number of anilines is 6. The van der Waals surface area contributed by atoms with Gasteiger partial charge in [0.25, 0.3) is 0 Å². The zero-order valence-electron chi connectivity index (χ0n) is 49.3. The van der Waals surface area contributed by atoms with E-state index in [-0.39, 0.29) is 116 Å². The van der Waals surface area contributed by atoms with E-state index in [9.17, 15) is 0 Å². The van der Waals surface area contributed by atoms with Crippen LogP contribution in [0.3, 0.4) is 0 Å². The monoisotopic (exact) mass is 1170 g/mol. The Morgan fingerprint density at radius 1 is 0.309 bits per heavy atom. The van der Waals surface area contributed by atoms with Gasteiger partial charge in [-0.05, 0) is 51.1 Å². The molecule has 0 saturated heterocycles. The van der Waals surface area contributed by atoms with Gasteiger partial charge in [0.2, 0.25) is 35.7 Å². The van der Waals surface area contributed by atoms with Crippen molar-refractivity contribution in [3.05, 3.63) is 101 Å². The van der Waals surface area contributed by atoms with Crippen molar-refractivity contribution in [3.8, 4) is 0 Å². The predicted molar refractivity (Wildman–Crippen MR) is 323 cm³/mol. The Morgan fingerprint density at radius 2 is 0.494 bits per heavy atom. The average molecular weight is 1180 g/mol. The molecule has 0 fully saturated rings. The smallest absolute Gasteiger partial charge is 0.235 e. The maximum absolute atomic E-state index is 7.04. The van der Waals surface area contributed by atoms with Crippen LogP contribution in [-0.2, 0) is 61.0 Å². The minimum Gasteiger partial charge on any atom is -0.455 e. The highest BCUT2D eigenvalue weighted by atomic mass is 28.4. The average Bonchev–Trinajstić information content (AvgIpc) is 3.46. The van der Waals surface area contributed by atoms with Gasteiger partial charge in [-0.15, -0.1) is 52.6 Å². The maximum Gasteiger partial charge on any atom is 0.235 e. The van der Waals surface area contributed by atoms with Crippen molar-refractivity contribution < 1.29 is 61.0 Å². The summed E-state index contributed by atoms with van der Waals surface area (Å²) in [5, 5.41) is 0. The first-order valence-corrected chi connectivity index (χ1v) is 32.9. The summed E-state index contributed by atoms with van der Waals surface area (Å²) in [5.41, 5.74) is 0. The fraction of sp³-hybridized carbons (Fsp3) is 0.593. The molecule has 27 heteroatoms. The van der Waals surface area contributed by atoms with Crippen molar-refractivity contribution in [1.29, 1.82) is 0 Å². The summed E-state index contributed by atoms with van der Waals surface area (Å²) in [5.74, 6) is 1.69. The van der Waals surface area contributed by atoms with E-state index < -0.39 is 16.6 Å². The highest BCUT2D eigenvalue weighted by Gasteiger charge is 2.33.